The Morgan fingerprint density at radius 1 is 0.545 bits per heavy atom. The van der Waals surface area contributed by atoms with Gasteiger partial charge in [0.1, 0.15) is 0 Å². The van der Waals surface area contributed by atoms with Crippen LogP contribution in [-0.4, -0.2) is 0 Å². The van der Waals surface area contributed by atoms with Gasteiger partial charge in [-0.25, -0.2) is 0 Å². The van der Waals surface area contributed by atoms with E-state index in [1.165, 1.54) is 0 Å². The lowest BCUT2D eigenvalue weighted by molar-refractivity contribution is 1.35. The van der Waals surface area contributed by atoms with Gasteiger partial charge in [0, 0.05) is 22.5 Å². The Bertz CT molecular complexity index is 736. The van der Waals surface area contributed by atoms with Gasteiger partial charge in [0.15, 0.2) is 0 Å². The van der Waals surface area contributed by atoms with Gasteiger partial charge in [0.25, 0.3) is 0 Å². The number of nitrogens with two attached hydrogens (primary N) is 2. The lowest BCUT2D eigenvalue weighted by Gasteiger charge is -2.20. The fourth-order valence-electron chi connectivity index (χ4n) is 2.86. The SMILES string of the molecule is Cc1c(C)c(N)c(-c2ccccc2)c(-c2ccccc2)c1N. The molecule has 0 fully saturated rings. The highest BCUT2D eigenvalue weighted by atomic mass is 14.6. The fraction of sp³-hybridized carbons (Fsp3) is 0.100. The Balaban J connectivity index is 2.42. The van der Waals surface area contributed by atoms with Crippen LogP contribution >= 0.6 is 0 Å². The summed E-state index contributed by atoms with van der Waals surface area (Å²) in [5.41, 5.74) is 20.9. The summed E-state index contributed by atoms with van der Waals surface area (Å²) in [6, 6.07) is 20.4. The third kappa shape index (κ3) is 2.23. The molecule has 22 heavy (non-hydrogen) atoms. The van der Waals surface area contributed by atoms with E-state index in [1.807, 2.05) is 50.2 Å². The molecule has 0 saturated carbocycles. The van der Waals surface area contributed by atoms with Gasteiger partial charge in [-0.1, -0.05) is 60.7 Å². The predicted octanol–water partition coefficient (Wildman–Crippen LogP) is 4.80. The molecule has 0 aliphatic heterocycles. The molecule has 4 N–H and O–H groups in total. The average Bonchev–Trinajstić information content (AvgIpc) is 2.57. The molecule has 0 unspecified atom stereocenters. The van der Waals surface area contributed by atoms with Gasteiger partial charge in [-0.2, -0.15) is 0 Å². The molecule has 3 aromatic rings. The molecule has 110 valence electrons. The molecule has 0 aromatic heterocycles. The van der Waals surface area contributed by atoms with Crippen molar-refractivity contribution >= 4 is 11.4 Å². The highest BCUT2D eigenvalue weighted by Crippen LogP contribution is 2.44. The molecule has 0 aliphatic carbocycles. The van der Waals surface area contributed by atoms with Gasteiger partial charge in [-0.3, -0.25) is 0 Å². The monoisotopic (exact) mass is 288 g/mol. The van der Waals surface area contributed by atoms with Gasteiger partial charge >= 0.3 is 0 Å². The molecule has 3 rings (SSSR count). The second-order valence-electron chi connectivity index (χ2n) is 5.56. The van der Waals surface area contributed by atoms with Crippen molar-refractivity contribution in [3.63, 3.8) is 0 Å². The minimum absolute atomic E-state index is 0.803. The van der Waals surface area contributed by atoms with Crippen molar-refractivity contribution in [2.45, 2.75) is 13.8 Å². The van der Waals surface area contributed by atoms with Crippen LogP contribution in [0.25, 0.3) is 22.3 Å². The molecule has 0 aliphatic rings. The average molecular weight is 288 g/mol. The third-order valence-corrected chi connectivity index (χ3v) is 4.28. The molecule has 2 nitrogen and oxygen atoms in total. The number of hydrogen-bond acceptors (Lipinski definition) is 2. The maximum absolute atomic E-state index is 6.47. The van der Waals surface area contributed by atoms with E-state index in [0.29, 0.717) is 0 Å². The maximum Gasteiger partial charge on any atom is 0.0433 e. The standard InChI is InChI=1S/C20H20N2/c1-13-14(2)20(22)18(16-11-7-4-8-12-16)17(19(13)21)15-9-5-3-6-10-15/h3-12H,21-22H2,1-2H3. The van der Waals surface area contributed by atoms with E-state index in [9.17, 15) is 0 Å². The second kappa shape index (κ2) is 5.57. The molecule has 0 saturated heterocycles. The molecule has 0 atom stereocenters. The van der Waals surface area contributed by atoms with Gasteiger partial charge in [0.05, 0.1) is 0 Å². The normalized spacial score (nSPS) is 10.6. The van der Waals surface area contributed by atoms with E-state index in [0.717, 1.165) is 44.8 Å². The zero-order valence-corrected chi connectivity index (χ0v) is 12.9. The van der Waals surface area contributed by atoms with E-state index in [4.69, 9.17) is 11.5 Å². The quantitative estimate of drug-likeness (QED) is 0.665. The van der Waals surface area contributed by atoms with Crippen LogP contribution in [0, 0.1) is 13.8 Å². The first-order valence-electron chi connectivity index (χ1n) is 7.40. The largest absolute Gasteiger partial charge is 0.398 e. The first-order chi connectivity index (χ1) is 10.6. The highest BCUT2D eigenvalue weighted by molar-refractivity contribution is 5.99. The number of benzene rings is 3. The van der Waals surface area contributed by atoms with Crippen molar-refractivity contribution < 1.29 is 0 Å². The van der Waals surface area contributed by atoms with Gasteiger partial charge < -0.3 is 11.5 Å². The van der Waals surface area contributed by atoms with E-state index < -0.39 is 0 Å². The smallest absolute Gasteiger partial charge is 0.0433 e. The molecule has 2 heteroatoms. The summed E-state index contributed by atoms with van der Waals surface area (Å²) >= 11 is 0. The minimum atomic E-state index is 0.803. The van der Waals surface area contributed by atoms with E-state index in [1.54, 1.807) is 0 Å². The van der Waals surface area contributed by atoms with Crippen molar-refractivity contribution in [3.05, 3.63) is 71.8 Å². The zero-order chi connectivity index (χ0) is 15.7. The van der Waals surface area contributed by atoms with Crippen molar-refractivity contribution in [3.8, 4) is 22.3 Å². The van der Waals surface area contributed by atoms with E-state index >= 15 is 0 Å². The molecule has 3 aromatic carbocycles. The van der Waals surface area contributed by atoms with E-state index in [-0.39, 0.29) is 0 Å². The van der Waals surface area contributed by atoms with Crippen LogP contribution in [0.4, 0.5) is 11.4 Å². The van der Waals surface area contributed by atoms with Crippen molar-refractivity contribution in [2.75, 3.05) is 11.5 Å². The molecule has 0 bridgehead atoms. The molecule has 0 radical (unpaired) electrons. The summed E-state index contributed by atoms with van der Waals surface area (Å²) in [5.74, 6) is 0. The van der Waals surface area contributed by atoms with Crippen molar-refractivity contribution in [1.29, 1.82) is 0 Å². The van der Waals surface area contributed by atoms with Crippen LogP contribution in [0.3, 0.4) is 0 Å². The van der Waals surface area contributed by atoms with Gasteiger partial charge in [-0.05, 0) is 36.1 Å². The number of hydrogen-bond donors (Lipinski definition) is 2. The summed E-state index contributed by atoms with van der Waals surface area (Å²) in [6.07, 6.45) is 0. The first-order valence-corrected chi connectivity index (χ1v) is 7.40. The highest BCUT2D eigenvalue weighted by Gasteiger charge is 2.18. The molecule has 0 spiro atoms. The van der Waals surface area contributed by atoms with Crippen LogP contribution in [0.2, 0.25) is 0 Å². The Kier molecular flexibility index (Phi) is 3.60. The Morgan fingerprint density at radius 3 is 1.18 bits per heavy atom. The lowest BCUT2D eigenvalue weighted by atomic mass is 9.87. The summed E-state index contributed by atoms with van der Waals surface area (Å²) in [4.78, 5) is 0. The van der Waals surface area contributed by atoms with Crippen LogP contribution in [0.1, 0.15) is 11.1 Å². The van der Waals surface area contributed by atoms with Gasteiger partial charge in [-0.15, -0.1) is 0 Å². The predicted molar refractivity (Wildman–Crippen MR) is 95.6 cm³/mol. The molecular formula is C20H20N2. The van der Waals surface area contributed by atoms with Gasteiger partial charge in [0.2, 0.25) is 0 Å². The lowest BCUT2D eigenvalue weighted by Crippen LogP contribution is -2.04. The number of anilines is 2. The van der Waals surface area contributed by atoms with Crippen molar-refractivity contribution in [2.24, 2.45) is 0 Å². The topological polar surface area (TPSA) is 52.0 Å². The van der Waals surface area contributed by atoms with Crippen LogP contribution < -0.4 is 11.5 Å². The number of rotatable bonds is 2. The zero-order valence-electron chi connectivity index (χ0n) is 12.9. The summed E-state index contributed by atoms with van der Waals surface area (Å²) in [7, 11) is 0. The first kappa shape index (κ1) is 14.2. The summed E-state index contributed by atoms with van der Waals surface area (Å²) < 4.78 is 0. The van der Waals surface area contributed by atoms with Crippen molar-refractivity contribution in [1.82, 2.24) is 0 Å². The van der Waals surface area contributed by atoms with Crippen LogP contribution in [0.5, 0.6) is 0 Å². The maximum atomic E-state index is 6.47. The molecule has 0 heterocycles. The Labute approximate surface area is 131 Å². The van der Waals surface area contributed by atoms with Crippen LogP contribution in [0.15, 0.2) is 60.7 Å². The third-order valence-electron chi connectivity index (χ3n) is 4.28. The summed E-state index contributed by atoms with van der Waals surface area (Å²) in [5, 5.41) is 0. The number of nitrogen functional groups attached to an aromatic ring is 2. The Hall–Kier alpha value is -2.74. The molecular weight excluding hydrogens is 268 g/mol. The summed E-state index contributed by atoms with van der Waals surface area (Å²) in [6.45, 7) is 4.06. The van der Waals surface area contributed by atoms with Crippen LogP contribution in [-0.2, 0) is 0 Å². The Morgan fingerprint density at radius 2 is 0.864 bits per heavy atom. The second-order valence-corrected chi connectivity index (χ2v) is 5.56. The van der Waals surface area contributed by atoms with E-state index in [2.05, 4.69) is 24.3 Å². The fourth-order valence-corrected chi connectivity index (χ4v) is 2.86. The minimum Gasteiger partial charge on any atom is -0.398 e. The molecule has 0 amide bonds.